The molecule has 4 aromatic rings. The Morgan fingerprint density at radius 1 is 1.00 bits per heavy atom. The number of anilines is 1. The average molecular weight is 424 g/mol. The fourth-order valence-corrected chi connectivity index (χ4v) is 4.60. The number of piperazine rings is 1. The molecule has 3 aromatic heterocycles. The molecule has 1 aliphatic rings. The van der Waals surface area contributed by atoms with Crippen molar-refractivity contribution in [2.45, 2.75) is 0 Å². The number of pyridine rings is 1. The first-order chi connectivity index (χ1) is 14.5. The first-order valence-corrected chi connectivity index (χ1v) is 11.5. The second-order valence-electron chi connectivity index (χ2n) is 7.34. The summed E-state index contributed by atoms with van der Waals surface area (Å²) in [5.41, 5.74) is 3.98. The van der Waals surface area contributed by atoms with E-state index in [2.05, 4.69) is 37.3 Å². The molecule has 9 nitrogen and oxygen atoms in total. The summed E-state index contributed by atoms with van der Waals surface area (Å²) < 4.78 is 26.9. The number of nitrogens with one attached hydrogen (secondary N) is 1. The molecule has 0 aliphatic carbocycles. The van der Waals surface area contributed by atoms with E-state index >= 15 is 0 Å². The van der Waals surface area contributed by atoms with Crippen LogP contribution in [-0.2, 0) is 10.0 Å². The number of rotatable bonds is 4. The average Bonchev–Trinajstić information content (AvgIpc) is 3.43. The third-order valence-electron chi connectivity index (χ3n) is 5.41. The van der Waals surface area contributed by atoms with Crippen LogP contribution >= 0.6 is 0 Å². The lowest BCUT2D eigenvalue weighted by Crippen LogP contribution is -2.48. The lowest BCUT2D eigenvalue weighted by molar-refractivity contribution is 0.387. The first-order valence-electron chi connectivity index (χ1n) is 9.62. The molecule has 1 aromatic carbocycles. The van der Waals surface area contributed by atoms with Crippen molar-refractivity contribution < 1.29 is 8.42 Å². The van der Waals surface area contributed by atoms with Gasteiger partial charge >= 0.3 is 0 Å². The van der Waals surface area contributed by atoms with Crippen LogP contribution in [-0.4, -0.2) is 70.1 Å². The van der Waals surface area contributed by atoms with E-state index in [4.69, 9.17) is 0 Å². The molecular weight excluding hydrogens is 402 g/mol. The zero-order chi connectivity index (χ0) is 20.7. The third kappa shape index (κ3) is 3.44. The second kappa shape index (κ2) is 7.22. The fourth-order valence-electron chi connectivity index (χ4n) is 3.77. The number of nitrogens with zero attached hydrogens (tertiary/aromatic N) is 6. The standard InChI is InChI=1S/C20H21N7O2S/c1-30(28,29)26-8-6-25(7-9-26)20-11-18(4-5-21-20)27-19-10-15(17-12-22-23-13-17)2-3-16(19)14-24-27/h2-5,10-14H,6-9H2,1H3,(H,22,23). The number of hydrogen-bond acceptors (Lipinski definition) is 6. The fraction of sp³-hybridized carbons (Fsp3) is 0.250. The van der Waals surface area contributed by atoms with Crippen molar-refractivity contribution in [2.24, 2.45) is 0 Å². The summed E-state index contributed by atoms with van der Waals surface area (Å²) in [6.07, 6.45) is 8.52. The van der Waals surface area contributed by atoms with Crippen molar-refractivity contribution in [3.05, 3.63) is 55.1 Å². The molecule has 4 heterocycles. The van der Waals surface area contributed by atoms with Gasteiger partial charge in [0.25, 0.3) is 0 Å². The number of sulfonamides is 1. The Morgan fingerprint density at radius 2 is 1.83 bits per heavy atom. The summed E-state index contributed by atoms with van der Waals surface area (Å²) in [4.78, 5) is 6.61. The van der Waals surface area contributed by atoms with Crippen molar-refractivity contribution in [1.29, 1.82) is 0 Å². The van der Waals surface area contributed by atoms with Crippen molar-refractivity contribution in [3.8, 4) is 16.8 Å². The van der Waals surface area contributed by atoms with Gasteiger partial charge in [0.1, 0.15) is 5.82 Å². The number of H-pyrrole nitrogens is 1. The Bertz CT molecular complexity index is 1290. The highest BCUT2D eigenvalue weighted by atomic mass is 32.2. The van der Waals surface area contributed by atoms with E-state index in [0.29, 0.717) is 26.2 Å². The van der Waals surface area contributed by atoms with Crippen LogP contribution in [0.15, 0.2) is 55.1 Å². The Hall–Kier alpha value is -3.24. The first kappa shape index (κ1) is 18.8. The maximum Gasteiger partial charge on any atom is 0.211 e. The lowest BCUT2D eigenvalue weighted by Gasteiger charge is -2.34. The van der Waals surface area contributed by atoms with E-state index in [-0.39, 0.29) is 0 Å². The van der Waals surface area contributed by atoms with Crippen LogP contribution in [0.3, 0.4) is 0 Å². The molecular formula is C20H21N7O2S. The number of aromatic amines is 1. The lowest BCUT2D eigenvalue weighted by atomic mass is 10.1. The molecule has 1 fully saturated rings. The largest absolute Gasteiger partial charge is 0.354 e. The Kier molecular flexibility index (Phi) is 4.52. The summed E-state index contributed by atoms with van der Waals surface area (Å²) in [5, 5.41) is 12.5. The molecule has 154 valence electrons. The van der Waals surface area contributed by atoms with Crippen LogP contribution in [0.4, 0.5) is 5.82 Å². The van der Waals surface area contributed by atoms with Crippen LogP contribution in [0, 0.1) is 0 Å². The minimum Gasteiger partial charge on any atom is -0.354 e. The normalized spacial score (nSPS) is 15.7. The molecule has 30 heavy (non-hydrogen) atoms. The van der Waals surface area contributed by atoms with Crippen LogP contribution < -0.4 is 4.90 Å². The topological polar surface area (TPSA) is 100 Å². The maximum atomic E-state index is 11.8. The molecule has 5 rings (SSSR count). The summed E-state index contributed by atoms with van der Waals surface area (Å²) in [6.45, 7) is 2.13. The number of aromatic nitrogens is 5. The molecule has 0 saturated carbocycles. The molecule has 0 atom stereocenters. The molecule has 0 amide bonds. The minimum absolute atomic E-state index is 0.462. The molecule has 0 radical (unpaired) electrons. The van der Waals surface area contributed by atoms with Crippen molar-refractivity contribution in [2.75, 3.05) is 37.3 Å². The Balaban J connectivity index is 1.46. The molecule has 10 heteroatoms. The number of fused-ring (bicyclic) bond motifs is 1. The smallest absolute Gasteiger partial charge is 0.211 e. The zero-order valence-corrected chi connectivity index (χ0v) is 17.2. The number of benzene rings is 1. The van der Waals surface area contributed by atoms with Crippen molar-refractivity contribution >= 4 is 26.7 Å². The van der Waals surface area contributed by atoms with Gasteiger partial charge in [-0.1, -0.05) is 12.1 Å². The molecule has 0 bridgehead atoms. The monoisotopic (exact) mass is 423 g/mol. The Morgan fingerprint density at radius 3 is 2.57 bits per heavy atom. The van der Waals surface area contributed by atoms with Crippen LogP contribution in [0.5, 0.6) is 0 Å². The highest BCUT2D eigenvalue weighted by Gasteiger charge is 2.24. The molecule has 1 aliphatic heterocycles. The summed E-state index contributed by atoms with van der Waals surface area (Å²) >= 11 is 0. The van der Waals surface area contributed by atoms with Gasteiger partial charge in [-0.15, -0.1) is 0 Å². The quantitative estimate of drug-likeness (QED) is 0.538. The molecule has 0 unspecified atom stereocenters. The van der Waals surface area contributed by atoms with E-state index in [1.165, 1.54) is 10.6 Å². The van der Waals surface area contributed by atoms with E-state index < -0.39 is 10.0 Å². The van der Waals surface area contributed by atoms with Gasteiger partial charge in [0, 0.05) is 55.6 Å². The van der Waals surface area contributed by atoms with E-state index in [1.807, 2.05) is 35.3 Å². The maximum absolute atomic E-state index is 11.8. The van der Waals surface area contributed by atoms with E-state index in [1.54, 1.807) is 12.4 Å². The van der Waals surface area contributed by atoms with Gasteiger partial charge in [0.2, 0.25) is 10.0 Å². The van der Waals surface area contributed by atoms with Crippen molar-refractivity contribution in [3.63, 3.8) is 0 Å². The van der Waals surface area contributed by atoms with Crippen molar-refractivity contribution in [1.82, 2.24) is 29.3 Å². The second-order valence-corrected chi connectivity index (χ2v) is 9.32. The predicted molar refractivity (Wildman–Crippen MR) is 115 cm³/mol. The van der Waals surface area contributed by atoms with Gasteiger partial charge in [-0.05, 0) is 17.7 Å². The van der Waals surface area contributed by atoms with Crippen LogP contribution in [0.1, 0.15) is 0 Å². The SMILES string of the molecule is CS(=O)(=O)N1CCN(c2cc(-n3ncc4ccc(-c5cn[nH]c5)cc43)ccn2)CC1. The highest BCUT2D eigenvalue weighted by molar-refractivity contribution is 7.88. The molecule has 1 N–H and O–H groups in total. The van der Waals surface area contributed by atoms with E-state index in [9.17, 15) is 8.42 Å². The van der Waals surface area contributed by atoms with Gasteiger partial charge in [-0.3, -0.25) is 5.10 Å². The Labute approximate surface area is 174 Å². The molecule has 1 saturated heterocycles. The number of hydrogen-bond donors (Lipinski definition) is 1. The summed E-state index contributed by atoms with van der Waals surface area (Å²) in [6, 6.07) is 10.1. The van der Waals surface area contributed by atoms with Crippen LogP contribution in [0.25, 0.3) is 27.7 Å². The van der Waals surface area contributed by atoms with E-state index in [0.717, 1.165) is 33.5 Å². The van der Waals surface area contributed by atoms with Gasteiger partial charge in [-0.25, -0.2) is 18.1 Å². The van der Waals surface area contributed by atoms with Gasteiger partial charge < -0.3 is 4.90 Å². The third-order valence-corrected chi connectivity index (χ3v) is 6.71. The van der Waals surface area contributed by atoms with Gasteiger partial charge in [0.05, 0.1) is 29.9 Å². The van der Waals surface area contributed by atoms with Gasteiger partial charge in [0.15, 0.2) is 0 Å². The predicted octanol–water partition coefficient (Wildman–Crippen LogP) is 1.89. The summed E-state index contributed by atoms with van der Waals surface area (Å²) in [7, 11) is -3.16. The zero-order valence-electron chi connectivity index (χ0n) is 16.4. The molecule has 0 spiro atoms. The van der Waals surface area contributed by atoms with Gasteiger partial charge in [-0.2, -0.15) is 14.5 Å². The van der Waals surface area contributed by atoms with Crippen LogP contribution in [0.2, 0.25) is 0 Å². The summed E-state index contributed by atoms with van der Waals surface area (Å²) in [5.74, 6) is 0.815. The highest BCUT2D eigenvalue weighted by Crippen LogP contribution is 2.26. The minimum atomic E-state index is -3.16.